The van der Waals surface area contributed by atoms with Crippen molar-refractivity contribution >= 4 is 5.91 Å². The second-order valence-corrected chi connectivity index (χ2v) is 8.25. The van der Waals surface area contributed by atoms with Gasteiger partial charge in [-0.1, -0.05) is 19.1 Å². The Hall–Kier alpha value is -2.40. The van der Waals surface area contributed by atoms with Gasteiger partial charge in [-0.25, -0.2) is 0 Å². The molecule has 2 saturated heterocycles. The average Bonchev–Trinajstić information content (AvgIpc) is 3.18. The molecule has 3 heterocycles. The van der Waals surface area contributed by atoms with Crippen LogP contribution in [-0.2, 0) is 6.42 Å². The average molecular weight is 394 g/mol. The summed E-state index contributed by atoms with van der Waals surface area (Å²) in [6, 6.07) is 9.06. The molecule has 0 aliphatic carbocycles. The quantitative estimate of drug-likeness (QED) is 0.790. The molecule has 5 nitrogen and oxygen atoms in total. The maximum Gasteiger partial charge on any atom is 0.272 e. The molecule has 0 N–H and O–H groups in total. The lowest BCUT2D eigenvalue weighted by Crippen LogP contribution is -2.52. The largest absolute Gasteiger partial charge is 0.496 e. The van der Waals surface area contributed by atoms with Crippen molar-refractivity contribution in [1.82, 2.24) is 14.8 Å². The van der Waals surface area contributed by atoms with Gasteiger partial charge >= 0.3 is 0 Å². The molecule has 2 unspecified atom stereocenters. The molecule has 2 atom stereocenters. The second-order valence-electron chi connectivity index (χ2n) is 8.25. The van der Waals surface area contributed by atoms with Gasteiger partial charge in [0, 0.05) is 37.9 Å². The normalized spacial score (nSPS) is 21.9. The van der Waals surface area contributed by atoms with Gasteiger partial charge in [-0.3, -0.25) is 14.7 Å². The molecule has 2 aliphatic heterocycles. The van der Waals surface area contributed by atoms with E-state index in [4.69, 9.17) is 4.74 Å². The van der Waals surface area contributed by atoms with Gasteiger partial charge in [-0.05, 0) is 67.5 Å². The van der Waals surface area contributed by atoms with Crippen LogP contribution in [0.4, 0.5) is 0 Å². The minimum Gasteiger partial charge on any atom is -0.496 e. The highest BCUT2D eigenvalue weighted by atomic mass is 16.5. The first-order chi connectivity index (χ1) is 14.0. The van der Waals surface area contributed by atoms with Crippen LogP contribution in [0, 0.1) is 13.8 Å². The Morgan fingerprint density at radius 3 is 2.66 bits per heavy atom. The summed E-state index contributed by atoms with van der Waals surface area (Å²) in [4.78, 5) is 21.9. The van der Waals surface area contributed by atoms with Crippen molar-refractivity contribution in [1.29, 1.82) is 0 Å². The van der Waals surface area contributed by atoms with Gasteiger partial charge in [-0.15, -0.1) is 0 Å². The molecule has 2 aromatic rings. The number of rotatable bonds is 4. The number of amides is 1. The van der Waals surface area contributed by atoms with Crippen molar-refractivity contribution in [3.05, 3.63) is 58.4 Å². The zero-order valence-electron chi connectivity index (χ0n) is 17.9. The van der Waals surface area contributed by atoms with Gasteiger partial charge in [0.25, 0.3) is 5.91 Å². The highest BCUT2D eigenvalue weighted by molar-refractivity contribution is 5.92. The Morgan fingerprint density at radius 1 is 1.14 bits per heavy atom. The van der Waals surface area contributed by atoms with Crippen LogP contribution < -0.4 is 4.74 Å². The van der Waals surface area contributed by atoms with E-state index in [1.165, 1.54) is 16.7 Å². The molecule has 1 aromatic carbocycles. The van der Waals surface area contributed by atoms with Crippen molar-refractivity contribution in [3.63, 3.8) is 0 Å². The molecule has 4 rings (SSSR count). The van der Waals surface area contributed by atoms with Crippen LogP contribution in [0.3, 0.4) is 0 Å². The Labute approximate surface area is 173 Å². The molecule has 2 aliphatic rings. The molecule has 0 bridgehead atoms. The van der Waals surface area contributed by atoms with Crippen molar-refractivity contribution in [2.75, 3.05) is 26.7 Å². The van der Waals surface area contributed by atoms with Crippen molar-refractivity contribution in [2.45, 2.75) is 52.1 Å². The summed E-state index contributed by atoms with van der Waals surface area (Å²) in [6.07, 6.45) is 5.03. The van der Waals surface area contributed by atoms with Crippen LogP contribution in [0.25, 0.3) is 0 Å². The molecule has 154 valence electrons. The number of aromatic nitrogens is 1. The number of carbonyl (C=O) groups excluding carboxylic acids is 1. The monoisotopic (exact) mass is 393 g/mol. The molecule has 5 heteroatoms. The fraction of sp³-hybridized carbons (Fsp3) is 0.500. The lowest BCUT2D eigenvalue weighted by atomic mass is 9.95. The summed E-state index contributed by atoms with van der Waals surface area (Å²) in [5, 5.41) is 0. The van der Waals surface area contributed by atoms with Crippen LogP contribution in [0.1, 0.15) is 58.5 Å². The number of piperazine rings is 1. The van der Waals surface area contributed by atoms with Crippen LogP contribution >= 0.6 is 0 Å². The number of ether oxygens (including phenoxy) is 1. The summed E-state index contributed by atoms with van der Waals surface area (Å²) in [7, 11) is 1.73. The van der Waals surface area contributed by atoms with Crippen molar-refractivity contribution in [2.24, 2.45) is 0 Å². The van der Waals surface area contributed by atoms with Crippen LogP contribution in [0.2, 0.25) is 0 Å². The topological polar surface area (TPSA) is 45.7 Å². The molecular weight excluding hydrogens is 362 g/mol. The lowest BCUT2D eigenvalue weighted by Gasteiger charge is -2.40. The number of hydrogen-bond acceptors (Lipinski definition) is 4. The fourth-order valence-corrected chi connectivity index (χ4v) is 4.89. The highest BCUT2D eigenvalue weighted by Crippen LogP contribution is 2.41. The standard InChI is InChI=1S/C24H31N3O2/c1-5-18-6-9-21(25-14-18)24(28)26-12-13-27-19(15-26)7-10-22(27)20-8-11-23(29-4)17(3)16(20)2/h6,8-9,11,14,19,22H,5,7,10,12-13,15H2,1-4H3. The summed E-state index contributed by atoms with van der Waals surface area (Å²) < 4.78 is 5.48. The lowest BCUT2D eigenvalue weighted by molar-refractivity contribution is 0.0492. The van der Waals surface area contributed by atoms with E-state index in [1.807, 2.05) is 23.2 Å². The first-order valence-electron chi connectivity index (χ1n) is 10.7. The number of methoxy groups -OCH3 is 1. The maximum atomic E-state index is 12.9. The zero-order valence-corrected chi connectivity index (χ0v) is 17.9. The van der Waals surface area contributed by atoms with Crippen LogP contribution in [-0.4, -0.2) is 53.5 Å². The Kier molecular flexibility index (Phi) is 5.59. The molecule has 0 saturated carbocycles. The van der Waals surface area contributed by atoms with Gasteiger partial charge in [-0.2, -0.15) is 0 Å². The zero-order chi connectivity index (χ0) is 20.5. The van der Waals surface area contributed by atoms with Crippen LogP contribution in [0.5, 0.6) is 5.75 Å². The van der Waals surface area contributed by atoms with Gasteiger partial charge in [0.05, 0.1) is 7.11 Å². The molecular formula is C24H31N3O2. The van der Waals surface area contributed by atoms with E-state index < -0.39 is 0 Å². The second kappa shape index (κ2) is 8.15. The van der Waals surface area contributed by atoms with E-state index in [0.29, 0.717) is 17.8 Å². The van der Waals surface area contributed by atoms with E-state index >= 15 is 0 Å². The van der Waals surface area contributed by atoms with E-state index in [-0.39, 0.29) is 5.91 Å². The SMILES string of the molecule is CCc1ccc(C(=O)N2CCN3C(CCC3c3ccc(OC)c(C)c3C)C2)nc1. The van der Waals surface area contributed by atoms with E-state index in [1.54, 1.807) is 7.11 Å². The summed E-state index contributed by atoms with van der Waals surface area (Å²) in [5.41, 5.74) is 5.68. The Balaban J connectivity index is 1.47. The Morgan fingerprint density at radius 2 is 1.97 bits per heavy atom. The van der Waals surface area contributed by atoms with E-state index in [0.717, 1.165) is 50.2 Å². The van der Waals surface area contributed by atoms with Gasteiger partial charge in [0.15, 0.2) is 0 Å². The van der Waals surface area contributed by atoms with Crippen LogP contribution in [0.15, 0.2) is 30.5 Å². The number of benzene rings is 1. The number of carbonyl (C=O) groups is 1. The van der Waals surface area contributed by atoms with E-state index in [9.17, 15) is 4.79 Å². The van der Waals surface area contributed by atoms with Crippen molar-refractivity contribution in [3.8, 4) is 5.75 Å². The predicted octanol–water partition coefficient (Wildman–Crippen LogP) is 3.93. The molecule has 0 radical (unpaired) electrons. The van der Waals surface area contributed by atoms with Gasteiger partial charge in [0.2, 0.25) is 0 Å². The fourth-order valence-electron chi connectivity index (χ4n) is 4.89. The third kappa shape index (κ3) is 3.64. The first-order valence-corrected chi connectivity index (χ1v) is 10.7. The molecule has 29 heavy (non-hydrogen) atoms. The molecule has 0 spiro atoms. The summed E-state index contributed by atoms with van der Waals surface area (Å²) >= 11 is 0. The first kappa shape index (κ1) is 19.9. The third-order valence-electron chi connectivity index (χ3n) is 6.80. The molecule has 1 aromatic heterocycles. The number of pyridine rings is 1. The maximum absolute atomic E-state index is 12.9. The molecule has 1 amide bonds. The minimum atomic E-state index is 0.0622. The van der Waals surface area contributed by atoms with Gasteiger partial charge in [0.1, 0.15) is 11.4 Å². The van der Waals surface area contributed by atoms with E-state index in [2.05, 4.69) is 42.8 Å². The van der Waals surface area contributed by atoms with Crippen molar-refractivity contribution < 1.29 is 9.53 Å². The predicted molar refractivity (Wildman–Crippen MR) is 114 cm³/mol. The minimum absolute atomic E-state index is 0.0622. The number of nitrogens with zero attached hydrogens (tertiary/aromatic N) is 3. The third-order valence-corrected chi connectivity index (χ3v) is 6.80. The van der Waals surface area contributed by atoms with Gasteiger partial charge < -0.3 is 9.64 Å². The highest BCUT2D eigenvalue weighted by Gasteiger charge is 2.40. The number of fused-ring (bicyclic) bond motifs is 1. The molecule has 2 fully saturated rings. The summed E-state index contributed by atoms with van der Waals surface area (Å²) in [6.45, 7) is 8.90. The summed E-state index contributed by atoms with van der Waals surface area (Å²) in [5.74, 6) is 1.02. The Bertz CT molecular complexity index is 894. The smallest absolute Gasteiger partial charge is 0.272 e. The number of aryl methyl sites for hydroxylation is 1. The number of hydrogen-bond donors (Lipinski definition) is 0.